The van der Waals surface area contributed by atoms with E-state index >= 15 is 0 Å². The molecule has 4 nitrogen and oxygen atoms in total. The predicted octanol–water partition coefficient (Wildman–Crippen LogP) is 3.73. The van der Waals surface area contributed by atoms with Gasteiger partial charge < -0.3 is 9.47 Å². The second kappa shape index (κ2) is 8.40. The third kappa shape index (κ3) is 5.01. The van der Waals surface area contributed by atoms with Crippen molar-refractivity contribution in [2.45, 2.75) is 66.2 Å². The van der Waals surface area contributed by atoms with Crippen molar-refractivity contribution >= 4 is 11.9 Å². The molecule has 1 rings (SSSR count). The molecule has 0 aliphatic heterocycles. The Hall–Kier alpha value is -1.06. The van der Waals surface area contributed by atoms with E-state index in [1.165, 1.54) is 0 Å². The lowest BCUT2D eigenvalue weighted by Gasteiger charge is -2.38. The van der Waals surface area contributed by atoms with Crippen LogP contribution in [0.15, 0.2) is 0 Å². The first-order chi connectivity index (χ1) is 9.95. The minimum absolute atomic E-state index is 0.125. The highest BCUT2D eigenvalue weighted by atomic mass is 16.5. The first-order valence-corrected chi connectivity index (χ1v) is 8.29. The predicted molar refractivity (Wildman–Crippen MR) is 81.7 cm³/mol. The minimum atomic E-state index is -0.490. The van der Waals surface area contributed by atoms with Crippen LogP contribution in [0.4, 0.5) is 0 Å². The molecule has 1 fully saturated rings. The Bertz CT molecular complexity index is 351. The molecule has 1 saturated carbocycles. The summed E-state index contributed by atoms with van der Waals surface area (Å²) in [4.78, 5) is 24.5. The quantitative estimate of drug-likeness (QED) is 0.672. The minimum Gasteiger partial charge on any atom is -0.466 e. The molecule has 0 spiro atoms. The molecule has 0 bridgehead atoms. The summed E-state index contributed by atoms with van der Waals surface area (Å²) in [6.45, 7) is 8.76. The molecule has 1 aliphatic rings. The summed E-state index contributed by atoms with van der Waals surface area (Å²) in [7, 11) is 0. The van der Waals surface area contributed by atoms with Crippen molar-refractivity contribution in [3.05, 3.63) is 0 Å². The average molecular weight is 298 g/mol. The number of carbonyl (C=O) groups is 2. The van der Waals surface area contributed by atoms with Crippen molar-refractivity contribution in [3.63, 3.8) is 0 Å². The maximum Gasteiger partial charge on any atom is 0.312 e. The van der Waals surface area contributed by atoms with Crippen LogP contribution >= 0.6 is 0 Å². The van der Waals surface area contributed by atoms with Gasteiger partial charge >= 0.3 is 11.9 Å². The topological polar surface area (TPSA) is 52.6 Å². The molecule has 2 atom stereocenters. The molecule has 1 aliphatic carbocycles. The van der Waals surface area contributed by atoms with Crippen molar-refractivity contribution in [1.29, 1.82) is 0 Å². The van der Waals surface area contributed by atoms with Crippen LogP contribution in [-0.2, 0) is 19.1 Å². The van der Waals surface area contributed by atoms with E-state index in [1.54, 1.807) is 0 Å². The number of esters is 2. The molecule has 0 heterocycles. The lowest BCUT2D eigenvalue weighted by molar-refractivity contribution is -0.163. The van der Waals surface area contributed by atoms with Gasteiger partial charge in [0.25, 0.3) is 0 Å². The van der Waals surface area contributed by atoms with Gasteiger partial charge in [0.1, 0.15) is 0 Å². The van der Waals surface area contributed by atoms with Crippen LogP contribution in [0.3, 0.4) is 0 Å². The van der Waals surface area contributed by atoms with Gasteiger partial charge in [-0.15, -0.1) is 0 Å². The number of ether oxygens (including phenoxy) is 2. The van der Waals surface area contributed by atoms with Crippen molar-refractivity contribution < 1.29 is 19.1 Å². The zero-order valence-corrected chi connectivity index (χ0v) is 13.9. The smallest absolute Gasteiger partial charge is 0.312 e. The standard InChI is InChI=1S/C17H30O4/c1-5-20-15(18)14-8-7-10-17(12-14,11-9-13(3)4)16(19)21-6-2/h13-14H,5-12H2,1-4H3. The van der Waals surface area contributed by atoms with Crippen LogP contribution in [0.2, 0.25) is 0 Å². The monoisotopic (exact) mass is 298 g/mol. The number of hydrogen-bond acceptors (Lipinski definition) is 4. The first-order valence-electron chi connectivity index (χ1n) is 8.29. The van der Waals surface area contributed by atoms with Crippen LogP contribution in [0.5, 0.6) is 0 Å². The van der Waals surface area contributed by atoms with E-state index in [1.807, 2.05) is 13.8 Å². The highest BCUT2D eigenvalue weighted by Gasteiger charge is 2.45. The van der Waals surface area contributed by atoms with Gasteiger partial charge in [-0.3, -0.25) is 9.59 Å². The molecule has 2 unspecified atom stereocenters. The van der Waals surface area contributed by atoms with E-state index in [0.29, 0.717) is 25.6 Å². The number of rotatable bonds is 7. The molecule has 4 heteroatoms. The molecule has 0 amide bonds. The van der Waals surface area contributed by atoms with Gasteiger partial charge in [-0.2, -0.15) is 0 Å². The van der Waals surface area contributed by atoms with E-state index in [4.69, 9.17) is 9.47 Å². The maximum atomic E-state index is 12.5. The third-order valence-electron chi connectivity index (χ3n) is 4.37. The molecule has 122 valence electrons. The molecule has 0 aromatic heterocycles. The molecule has 0 radical (unpaired) electrons. The molecule has 0 aromatic rings. The molecular formula is C17H30O4. The van der Waals surface area contributed by atoms with Gasteiger partial charge in [-0.05, 0) is 51.9 Å². The first kappa shape index (κ1) is 18.0. The molecule has 0 N–H and O–H groups in total. The molecular weight excluding hydrogens is 268 g/mol. The fraction of sp³-hybridized carbons (Fsp3) is 0.882. The summed E-state index contributed by atoms with van der Waals surface area (Å²) in [5.74, 6) is 0.101. The lowest BCUT2D eigenvalue weighted by atomic mass is 9.66. The Morgan fingerprint density at radius 2 is 1.86 bits per heavy atom. The Morgan fingerprint density at radius 1 is 1.19 bits per heavy atom. The fourth-order valence-corrected chi connectivity index (χ4v) is 3.19. The van der Waals surface area contributed by atoms with Crippen molar-refractivity contribution in [1.82, 2.24) is 0 Å². The summed E-state index contributed by atoms with van der Waals surface area (Å²) in [5, 5.41) is 0. The van der Waals surface area contributed by atoms with Gasteiger partial charge in [-0.1, -0.05) is 20.3 Å². The highest BCUT2D eigenvalue weighted by Crippen LogP contribution is 2.45. The van der Waals surface area contributed by atoms with Gasteiger partial charge in [0.2, 0.25) is 0 Å². The zero-order chi connectivity index (χ0) is 15.9. The Morgan fingerprint density at radius 3 is 2.43 bits per heavy atom. The maximum absolute atomic E-state index is 12.5. The van der Waals surface area contributed by atoms with Crippen molar-refractivity contribution in [2.75, 3.05) is 13.2 Å². The number of hydrogen-bond donors (Lipinski definition) is 0. The zero-order valence-electron chi connectivity index (χ0n) is 13.9. The van der Waals surface area contributed by atoms with Crippen LogP contribution in [0.1, 0.15) is 66.2 Å². The largest absolute Gasteiger partial charge is 0.466 e. The number of carbonyl (C=O) groups excluding carboxylic acids is 2. The van der Waals surface area contributed by atoms with E-state index in [2.05, 4.69) is 13.8 Å². The van der Waals surface area contributed by atoms with Crippen molar-refractivity contribution in [2.24, 2.45) is 17.3 Å². The van der Waals surface area contributed by atoms with E-state index in [0.717, 1.165) is 32.1 Å². The van der Waals surface area contributed by atoms with Crippen LogP contribution in [0, 0.1) is 17.3 Å². The summed E-state index contributed by atoms with van der Waals surface area (Å²) in [5.41, 5.74) is -0.490. The SMILES string of the molecule is CCOC(=O)C1CCCC(CCC(C)C)(C(=O)OCC)C1. The van der Waals surface area contributed by atoms with Gasteiger partial charge in [0, 0.05) is 0 Å². The van der Waals surface area contributed by atoms with E-state index in [9.17, 15) is 9.59 Å². The lowest BCUT2D eigenvalue weighted by Crippen LogP contribution is -2.40. The van der Waals surface area contributed by atoms with Crippen LogP contribution in [0.25, 0.3) is 0 Å². The third-order valence-corrected chi connectivity index (χ3v) is 4.37. The summed E-state index contributed by atoms with van der Waals surface area (Å²) >= 11 is 0. The fourth-order valence-electron chi connectivity index (χ4n) is 3.19. The van der Waals surface area contributed by atoms with Gasteiger partial charge in [-0.25, -0.2) is 0 Å². The van der Waals surface area contributed by atoms with Gasteiger partial charge in [0.15, 0.2) is 0 Å². The van der Waals surface area contributed by atoms with E-state index < -0.39 is 5.41 Å². The normalized spacial score (nSPS) is 25.7. The summed E-state index contributed by atoms with van der Waals surface area (Å²) < 4.78 is 10.5. The molecule has 0 aromatic carbocycles. The molecule has 21 heavy (non-hydrogen) atoms. The van der Waals surface area contributed by atoms with Gasteiger partial charge in [0.05, 0.1) is 24.5 Å². The van der Waals surface area contributed by atoms with Crippen LogP contribution in [-0.4, -0.2) is 25.2 Å². The summed E-state index contributed by atoms with van der Waals surface area (Å²) in [6, 6.07) is 0. The molecule has 0 saturated heterocycles. The Labute approximate surface area is 128 Å². The van der Waals surface area contributed by atoms with Crippen molar-refractivity contribution in [3.8, 4) is 0 Å². The van der Waals surface area contributed by atoms with E-state index in [-0.39, 0.29) is 17.9 Å². The Kier molecular flexibility index (Phi) is 7.20. The summed E-state index contributed by atoms with van der Waals surface area (Å²) in [6.07, 6.45) is 4.90. The Balaban J connectivity index is 2.84. The highest BCUT2D eigenvalue weighted by molar-refractivity contribution is 5.79. The average Bonchev–Trinajstić information content (AvgIpc) is 2.46. The second-order valence-corrected chi connectivity index (χ2v) is 6.48. The van der Waals surface area contributed by atoms with Crippen LogP contribution < -0.4 is 0 Å². The second-order valence-electron chi connectivity index (χ2n) is 6.48.